The third kappa shape index (κ3) is 2.63. The Balaban J connectivity index is 1.80. The maximum atomic E-state index is 6.46. The van der Waals surface area contributed by atoms with Crippen LogP contribution in [0.25, 0.3) is 32.3 Å². The molecule has 0 radical (unpaired) electrons. The van der Waals surface area contributed by atoms with Gasteiger partial charge in [-0.2, -0.15) is 0 Å². The Morgan fingerprint density at radius 2 is 1.70 bits per heavy atom. The fourth-order valence-electron chi connectivity index (χ4n) is 2.31. The Morgan fingerprint density at radius 1 is 0.957 bits per heavy atom. The number of hydrogen-bond donors (Lipinski definition) is 0. The number of hydrogen-bond acceptors (Lipinski definition) is 4. The van der Waals surface area contributed by atoms with Gasteiger partial charge in [-0.15, -0.1) is 21.5 Å². The minimum Gasteiger partial charge on any atom is -0.415 e. The van der Waals surface area contributed by atoms with E-state index >= 15 is 0 Å². The van der Waals surface area contributed by atoms with Crippen molar-refractivity contribution in [1.29, 1.82) is 0 Å². The van der Waals surface area contributed by atoms with Crippen molar-refractivity contribution in [2.75, 3.05) is 0 Å². The molecular formula is C17H10Cl2N2OS. The van der Waals surface area contributed by atoms with Gasteiger partial charge in [0.1, 0.15) is 4.88 Å². The highest BCUT2D eigenvalue weighted by molar-refractivity contribution is 7.23. The summed E-state index contributed by atoms with van der Waals surface area (Å²) < 4.78 is 6.84. The molecule has 2 heterocycles. The second-order valence-electron chi connectivity index (χ2n) is 5.16. The lowest BCUT2D eigenvalue weighted by Crippen LogP contribution is -1.77. The monoisotopic (exact) mass is 360 g/mol. The van der Waals surface area contributed by atoms with Crippen LogP contribution in [0.15, 0.2) is 46.9 Å². The van der Waals surface area contributed by atoms with E-state index in [1.54, 1.807) is 0 Å². The van der Waals surface area contributed by atoms with E-state index in [0.29, 0.717) is 21.8 Å². The average molecular weight is 361 g/mol. The van der Waals surface area contributed by atoms with Gasteiger partial charge in [0.15, 0.2) is 0 Å². The number of fused-ring (bicyclic) bond motifs is 1. The molecule has 0 amide bonds. The Labute approximate surface area is 146 Å². The van der Waals surface area contributed by atoms with Crippen LogP contribution < -0.4 is 0 Å². The first-order valence-electron chi connectivity index (χ1n) is 6.90. The van der Waals surface area contributed by atoms with Crippen LogP contribution in [0.5, 0.6) is 0 Å². The van der Waals surface area contributed by atoms with Crippen LogP contribution >= 0.6 is 34.5 Å². The Bertz CT molecular complexity index is 1010. The number of halogens is 2. The summed E-state index contributed by atoms with van der Waals surface area (Å²) in [6.07, 6.45) is 0. The van der Waals surface area contributed by atoms with Gasteiger partial charge >= 0.3 is 0 Å². The molecule has 4 rings (SSSR count). The molecular weight excluding hydrogens is 351 g/mol. The molecule has 0 N–H and O–H groups in total. The molecule has 0 aliphatic heterocycles. The largest absolute Gasteiger partial charge is 0.415 e. The Kier molecular flexibility index (Phi) is 3.60. The van der Waals surface area contributed by atoms with Crippen LogP contribution in [0.4, 0.5) is 0 Å². The third-order valence-electron chi connectivity index (χ3n) is 3.51. The van der Waals surface area contributed by atoms with Crippen molar-refractivity contribution in [3.8, 4) is 22.2 Å². The zero-order valence-corrected chi connectivity index (χ0v) is 14.3. The normalized spacial score (nSPS) is 11.3. The highest BCUT2D eigenvalue weighted by atomic mass is 35.5. The molecule has 6 heteroatoms. The zero-order valence-electron chi connectivity index (χ0n) is 12.0. The minimum atomic E-state index is 0.419. The lowest BCUT2D eigenvalue weighted by Gasteiger charge is -1.95. The van der Waals surface area contributed by atoms with Crippen LogP contribution in [0, 0.1) is 6.92 Å². The molecule has 114 valence electrons. The van der Waals surface area contributed by atoms with E-state index in [-0.39, 0.29) is 0 Å². The number of benzene rings is 2. The van der Waals surface area contributed by atoms with Crippen LogP contribution in [-0.2, 0) is 0 Å². The topological polar surface area (TPSA) is 38.9 Å². The first-order valence-corrected chi connectivity index (χ1v) is 8.47. The third-order valence-corrected chi connectivity index (χ3v) is 5.41. The summed E-state index contributed by atoms with van der Waals surface area (Å²) in [4.78, 5) is 0.759. The number of thiophene rings is 1. The van der Waals surface area contributed by atoms with E-state index in [1.165, 1.54) is 16.9 Å². The van der Waals surface area contributed by atoms with Gasteiger partial charge in [0.2, 0.25) is 5.89 Å². The van der Waals surface area contributed by atoms with E-state index in [2.05, 4.69) is 10.2 Å². The highest BCUT2D eigenvalue weighted by Crippen LogP contribution is 2.42. The number of nitrogens with zero attached hydrogens (tertiary/aromatic N) is 2. The van der Waals surface area contributed by atoms with Gasteiger partial charge in [-0.05, 0) is 37.3 Å². The standard InChI is InChI=1S/C17H10Cl2N2OS/c1-9-2-4-10(5-3-9)16-20-21-17(22-16)15-14(19)12-8-11(18)6-7-13(12)23-15/h2-8H,1H3. The number of aromatic nitrogens is 2. The molecule has 0 fully saturated rings. The molecule has 0 bridgehead atoms. The predicted octanol–water partition coefficient (Wildman–Crippen LogP) is 6.23. The lowest BCUT2D eigenvalue weighted by molar-refractivity contribution is 0.586. The van der Waals surface area contributed by atoms with Crippen molar-refractivity contribution in [2.45, 2.75) is 6.92 Å². The molecule has 0 unspecified atom stereocenters. The van der Waals surface area contributed by atoms with Crippen LogP contribution in [0.2, 0.25) is 10.0 Å². The molecule has 2 aromatic carbocycles. The summed E-state index contributed by atoms with van der Waals surface area (Å²) in [5, 5.41) is 10.4. The summed E-state index contributed by atoms with van der Waals surface area (Å²) in [5.41, 5.74) is 2.06. The van der Waals surface area contributed by atoms with Gasteiger partial charge in [0.25, 0.3) is 5.89 Å². The van der Waals surface area contributed by atoms with Crippen molar-refractivity contribution in [3.05, 3.63) is 58.1 Å². The summed E-state index contributed by atoms with van der Waals surface area (Å²) in [5.74, 6) is 0.898. The van der Waals surface area contributed by atoms with Crippen LogP contribution in [0.3, 0.4) is 0 Å². The Morgan fingerprint density at radius 3 is 2.48 bits per heavy atom. The first kappa shape index (κ1) is 14.7. The smallest absolute Gasteiger partial charge is 0.259 e. The maximum absolute atomic E-state index is 6.46. The van der Waals surface area contributed by atoms with Gasteiger partial charge in [-0.1, -0.05) is 40.9 Å². The van der Waals surface area contributed by atoms with Gasteiger partial charge in [-0.25, -0.2) is 0 Å². The molecule has 2 aromatic heterocycles. The highest BCUT2D eigenvalue weighted by Gasteiger charge is 2.18. The minimum absolute atomic E-state index is 0.419. The van der Waals surface area contributed by atoms with E-state index in [4.69, 9.17) is 27.6 Å². The quantitative estimate of drug-likeness (QED) is 0.425. The van der Waals surface area contributed by atoms with E-state index in [0.717, 1.165) is 20.5 Å². The van der Waals surface area contributed by atoms with E-state index < -0.39 is 0 Å². The second kappa shape index (κ2) is 5.64. The van der Waals surface area contributed by atoms with Crippen molar-refractivity contribution in [3.63, 3.8) is 0 Å². The fraction of sp³-hybridized carbons (Fsp3) is 0.0588. The molecule has 0 saturated heterocycles. The van der Waals surface area contributed by atoms with Gasteiger partial charge in [-0.3, -0.25) is 0 Å². The second-order valence-corrected chi connectivity index (χ2v) is 7.03. The molecule has 23 heavy (non-hydrogen) atoms. The molecule has 0 atom stereocenters. The number of aryl methyl sites for hydroxylation is 1. The molecule has 4 aromatic rings. The van der Waals surface area contributed by atoms with Crippen molar-refractivity contribution < 1.29 is 4.42 Å². The van der Waals surface area contributed by atoms with Crippen LogP contribution in [0.1, 0.15) is 5.56 Å². The average Bonchev–Trinajstić information content (AvgIpc) is 3.14. The maximum Gasteiger partial charge on any atom is 0.259 e. The summed E-state index contributed by atoms with van der Waals surface area (Å²) >= 11 is 14.0. The molecule has 0 aliphatic carbocycles. The van der Waals surface area contributed by atoms with E-state index in [1.807, 2.05) is 49.4 Å². The summed E-state index contributed by atoms with van der Waals surface area (Å²) in [6.45, 7) is 2.03. The molecule has 0 aliphatic rings. The predicted molar refractivity (Wildman–Crippen MR) is 95.3 cm³/mol. The fourth-order valence-corrected chi connectivity index (χ4v) is 3.88. The van der Waals surface area contributed by atoms with Crippen molar-refractivity contribution in [1.82, 2.24) is 10.2 Å². The summed E-state index contributed by atoms with van der Waals surface area (Å²) in [6, 6.07) is 13.6. The van der Waals surface area contributed by atoms with Gasteiger partial charge in [0.05, 0.1) is 5.02 Å². The van der Waals surface area contributed by atoms with Crippen molar-refractivity contribution in [2.24, 2.45) is 0 Å². The number of rotatable bonds is 2. The molecule has 0 spiro atoms. The van der Waals surface area contributed by atoms with Crippen molar-refractivity contribution >= 4 is 44.6 Å². The lowest BCUT2D eigenvalue weighted by atomic mass is 10.1. The molecule has 0 saturated carbocycles. The first-order chi connectivity index (χ1) is 11.1. The summed E-state index contributed by atoms with van der Waals surface area (Å²) in [7, 11) is 0. The van der Waals surface area contributed by atoms with Gasteiger partial charge < -0.3 is 4.42 Å². The molecule has 3 nitrogen and oxygen atoms in total. The zero-order chi connectivity index (χ0) is 16.0. The Hall–Kier alpha value is -1.88. The van der Waals surface area contributed by atoms with E-state index in [9.17, 15) is 0 Å². The van der Waals surface area contributed by atoms with Gasteiger partial charge in [0, 0.05) is 20.7 Å². The SMILES string of the molecule is Cc1ccc(-c2nnc(-c3sc4ccc(Cl)cc4c3Cl)o2)cc1. The van der Waals surface area contributed by atoms with Crippen LogP contribution in [-0.4, -0.2) is 10.2 Å².